The van der Waals surface area contributed by atoms with Crippen LogP contribution in [0.4, 0.5) is 0 Å². The number of para-hydroxylation sites is 2. The van der Waals surface area contributed by atoms with Gasteiger partial charge in [0.05, 0.1) is 33.6 Å². The van der Waals surface area contributed by atoms with Crippen molar-refractivity contribution in [3.8, 4) is 68.1 Å². The van der Waals surface area contributed by atoms with Crippen molar-refractivity contribution in [2.45, 2.75) is 38.9 Å². The number of aromatic nitrogens is 8. The molecule has 1 fully saturated rings. The number of hydrogen-bond acceptors (Lipinski definition) is 10. The Morgan fingerprint density at radius 1 is 0.321 bits per heavy atom. The standard InChI is InChI=1S/C43H27N5.C27H24BN3O2/c1-3-11-28(12-4-1)29-19-21-32(22-20-29)42-47-38(31-14-5-2-6-15-31)25-39(48-42)33-26-44-43(45-27-33)41-36-24-23-30-13-7-8-16-34(30)40(36)35-17-9-10-18-37(35)46-41;1-26(2)27(3,4)33-28(32-26)18-15-29-25(30-16-18)24-21-14-13-17-9-5-6-10-19(17)23(21)20-11-7-8-12-22(20)31-24/h1-27H;5-16H,1-4H3. The smallest absolute Gasteiger partial charge is 0.399 e. The van der Waals surface area contributed by atoms with Crippen LogP contribution < -0.4 is 5.46 Å². The molecule has 0 aliphatic carbocycles. The predicted molar refractivity (Wildman–Crippen MR) is 329 cm³/mol. The molecule has 0 N–H and O–H groups in total. The van der Waals surface area contributed by atoms with Crippen LogP contribution in [0.1, 0.15) is 27.7 Å². The fourth-order valence-corrected chi connectivity index (χ4v) is 10.9. The van der Waals surface area contributed by atoms with E-state index in [-0.39, 0.29) is 0 Å². The third-order valence-corrected chi connectivity index (χ3v) is 15.8. The van der Waals surface area contributed by atoms with Gasteiger partial charge in [-0.25, -0.2) is 39.9 Å². The molecule has 0 atom stereocenters. The first-order chi connectivity index (χ1) is 39.6. The van der Waals surface area contributed by atoms with E-state index >= 15 is 0 Å². The molecule has 0 radical (unpaired) electrons. The Bertz CT molecular complexity index is 4650. The molecule has 0 saturated carbocycles. The van der Waals surface area contributed by atoms with E-state index in [0.29, 0.717) is 17.5 Å². The van der Waals surface area contributed by atoms with E-state index in [1.807, 2.05) is 94.7 Å². The SMILES string of the molecule is CC1(C)OB(c2cnc(-c3nc4ccccc4c4c3ccc3ccccc34)nc2)OC1(C)C.c1ccc(-c2ccc(-c3nc(-c4ccccc4)cc(-c4cnc(-c5nc6ccccc6c6c5ccc5ccccc56)nc4)n3)cc2)cc1. The van der Waals surface area contributed by atoms with Crippen LogP contribution in [-0.2, 0) is 9.31 Å². The highest BCUT2D eigenvalue weighted by Gasteiger charge is 2.52. The van der Waals surface area contributed by atoms with E-state index in [1.165, 1.54) is 32.5 Å². The third-order valence-electron chi connectivity index (χ3n) is 15.8. The topological polar surface area (TPSA) is 122 Å². The molecule has 1 saturated heterocycles. The molecule has 81 heavy (non-hydrogen) atoms. The van der Waals surface area contributed by atoms with Gasteiger partial charge in [-0.3, -0.25) is 0 Å². The Morgan fingerprint density at radius 2 is 0.728 bits per heavy atom. The monoisotopic (exact) mass is 1050 g/mol. The van der Waals surface area contributed by atoms with Crippen LogP contribution in [0.3, 0.4) is 0 Å². The van der Waals surface area contributed by atoms with E-state index in [2.05, 4.69) is 158 Å². The maximum Gasteiger partial charge on any atom is 0.498 e. The third kappa shape index (κ3) is 9.08. The molecule has 0 unspecified atom stereocenters. The molecule has 1 aliphatic heterocycles. The molecule has 9 aromatic carbocycles. The van der Waals surface area contributed by atoms with Gasteiger partial charge in [-0.05, 0) is 78.6 Å². The van der Waals surface area contributed by atoms with Crippen LogP contribution in [0.15, 0.2) is 237 Å². The highest BCUT2D eigenvalue weighted by Crippen LogP contribution is 2.40. The van der Waals surface area contributed by atoms with Crippen molar-refractivity contribution in [2.75, 3.05) is 0 Å². The lowest BCUT2D eigenvalue weighted by atomic mass is 9.81. The van der Waals surface area contributed by atoms with Gasteiger partial charge in [-0.1, -0.05) is 194 Å². The number of rotatable bonds is 7. The van der Waals surface area contributed by atoms with Crippen LogP contribution in [0.5, 0.6) is 0 Å². The van der Waals surface area contributed by atoms with Crippen LogP contribution >= 0.6 is 0 Å². The van der Waals surface area contributed by atoms with Crippen LogP contribution in [0.25, 0.3) is 133 Å². The van der Waals surface area contributed by atoms with E-state index in [1.54, 1.807) is 12.4 Å². The van der Waals surface area contributed by atoms with E-state index in [4.69, 9.17) is 49.2 Å². The van der Waals surface area contributed by atoms with Crippen molar-refractivity contribution in [1.29, 1.82) is 0 Å². The molecular formula is C70H51BN8O2. The second-order valence-corrected chi connectivity index (χ2v) is 21.4. The Balaban J connectivity index is 0.000000156. The molecule has 1 aliphatic rings. The Morgan fingerprint density at radius 3 is 1.25 bits per heavy atom. The van der Waals surface area contributed by atoms with Gasteiger partial charge >= 0.3 is 7.12 Å². The molecule has 10 nitrogen and oxygen atoms in total. The van der Waals surface area contributed by atoms with Gasteiger partial charge in [0.15, 0.2) is 17.5 Å². The number of nitrogens with zero attached hydrogens (tertiary/aromatic N) is 8. The predicted octanol–water partition coefficient (Wildman–Crippen LogP) is 15.8. The first kappa shape index (κ1) is 49.4. The largest absolute Gasteiger partial charge is 0.498 e. The number of benzene rings is 9. The molecule has 386 valence electrons. The van der Waals surface area contributed by atoms with Crippen LogP contribution in [0.2, 0.25) is 0 Å². The molecule has 6 heterocycles. The number of fused-ring (bicyclic) bond motifs is 10. The Hall–Kier alpha value is -9.94. The molecule has 0 amide bonds. The summed E-state index contributed by atoms with van der Waals surface area (Å²) < 4.78 is 12.3. The fraction of sp³-hybridized carbons (Fsp3) is 0.0857. The van der Waals surface area contributed by atoms with Gasteiger partial charge in [-0.15, -0.1) is 0 Å². The molecule has 14 aromatic rings. The molecule has 15 rings (SSSR count). The summed E-state index contributed by atoms with van der Waals surface area (Å²) in [5.41, 5.74) is 10.00. The summed E-state index contributed by atoms with van der Waals surface area (Å²) >= 11 is 0. The summed E-state index contributed by atoms with van der Waals surface area (Å²) in [4.78, 5) is 39.2. The zero-order chi connectivity index (χ0) is 54.7. The molecule has 11 heteroatoms. The highest BCUT2D eigenvalue weighted by atomic mass is 16.7. The fourth-order valence-electron chi connectivity index (χ4n) is 10.9. The van der Waals surface area contributed by atoms with E-state index in [0.717, 1.165) is 88.5 Å². The van der Waals surface area contributed by atoms with Crippen molar-refractivity contribution >= 4 is 77.5 Å². The van der Waals surface area contributed by atoms with Gasteiger partial charge in [-0.2, -0.15) is 0 Å². The summed E-state index contributed by atoms with van der Waals surface area (Å²) in [6, 6.07) is 72.9. The Kier molecular flexibility index (Phi) is 12.2. The van der Waals surface area contributed by atoms with Crippen molar-refractivity contribution < 1.29 is 9.31 Å². The summed E-state index contributed by atoms with van der Waals surface area (Å²) in [7, 11) is -0.491. The first-order valence-corrected chi connectivity index (χ1v) is 27.1. The minimum absolute atomic E-state index is 0.409. The van der Waals surface area contributed by atoms with Gasteiger partial charge in [0.25, 0.3) is 0 Å². The molecule has 0 bridgehead atoms. The zero-order valence-corrected chi connectivity index (χ0v) is 45.0. The molecule has 5 aromatic heterocycles. The second kappa shape index (κ2) is 20.1. The van der Waals surface area contributed by atoms with Crippen molar-refractivity contribution in [2.24, 2.45) is 0 Å². The van der Waals surface area contributed by atoms with Gasteiger partial charge in [0, 0.05) is 79.3 Å². The number of hydrogen-bond donors (Lipinski definition) is 0. The first-order valence-electron chi connectivity index (χ1n) is 27.1. The maximum absolute atomic E-state index is 6.15. The van der Waals surface area contributed by atoms with E-state index in [9.17, 15) is 0 Å². The van der Waals surface area contributed by atoms with Gasteiger partial charge < -0.3 is 9.31 Å². The molecule has 0 spiro atoms. The van der Waals surface area contributed by atoms with Crippen LogP contribution in [-0.4, -0.2) is 58.2 Å². The van der Waals surface area contributed by atoms with Crippen molar-refractivity contribution in [3.05, 3.63) is 237 Å². The summed E-state index contributed by atoms with van der Waals surface area (Å²) in [6.45, 7) is 8.16. The van der Waals surface area contributed by atoms with Crippen molar-refractivity contribution in [1.82, 2.24) is 39.9 Å². The average molecular weight is 1050 g/mol. The van der Waals surface area contributed by atoms with Crippen LogP contribution in [0, 0.1) is 0 Å². The zero-order valence-electron chi connectivity index (χ0n) is 45.0. The second-order valence-electron chi connectivity index (χ2n) is 21.4. The Labute approximate surface area is 468 Å². The van der Waals surface area contributed by atoms with E-state index < -0.39 is 18.3 Å². The van der Waals surface area contributed by atoms with Crippen molar-refractivity contribution in [3.63, 3.8) is 0 Å². The average Bonchev–Trinajstić information content (AvgIpc) is 3.78. The van der Waals surface area contributed by atoms with Gasteiger partial charge in [0.1, 0.15) is 11.4 Å². The summed E-state index contributed by atoms with van der Waals surface area (Å²) in [6.07, 6.45) is 7.25. The quantitative estimate of drug-likeness (QED) is 0.113. The minimum Gasteiger partial charge on any atom is -0.399 e. The number of pyridine rings is 2. The lowest BCUT2D eigenvalue weighted by molar-refractivity contribution is 0.00578. The summed E-state index contributed by atoms with van der Waals surface area (Å²) in [5, 5.41) is 11.4. The lowest BCUT2D eigenvalue weighted by Crippen LogP contribution is -2.41. The van der Waals surface area contributed by atoms with Gasteiger partial charge in [0.2, 0.25) is 0 Å². The summed E-state index contributed by atoms with van der Waals surface area (Å²) in [5.74, 6) is 1.80. The highest BCUT2D eigenvalue weighted by molar-refractivity contribution is 6.62. The molecular weight excluding hydrogens is 996 g/mol. The maximum atomic E-state index is 6.15. The lowest BCUT2D eigenvalue weighted by Gasteiger charge is -2.32. The normalized spacial score (nSPS) is 13.8. The minimum atomic E-state index is -0.491.